The van der Waals surface area contributed by atoms with Gasteiger partial charge in [0, 0.05) is 20.0 Å². The molecule has 1 saturated heterocycles. The molecule has 0 spiro atoms. The summed E-state index contributed by atoms with van der Waals surface area (Å²) in [4.78, 5) is 18.2. The van der Waals surface area contributed by atoms with E-state index < -0.39 is 6.03 Å². The fourth-order valence-corrected chi connectivity index (χ4v) is 2.63. The lowest BCUT2D eigenvalue weighted by Crippen LogP contribution is -2.27. The van der Waals surface area contributed by atoms with Crippen LogP contribution >= 0.6 is 23.2 Å². The second-order valence-corrected chi connectivity index (χ2v) is 5.60. The van der Waals surface area contributed by atoms with Crippen molar-refractivity contribution in [3.05, 3.63) is 28.2 Å². The van der Waals surface area contributed by atoms with Crippen LogP contribution in [0.2, 0.25) is 10.0 Å². The molecule has 6 heteroatoms. The molecule has 0 bridgehead atoms. The summed E-state index contributed by atoms with van der Waals surface area (Å²) in [5.74, 6) is 0.808. The van der Waals surface area contributed by atoms with E-state index in [9.17, 15) is 4.79 Å². The van der Waals surface area contributed by atoms with Crippen LogP contribution in [-0.4, -0.2) is 30.4 Å². The molecule has 1 aromatic carbocycles. The predicted molar refractivity (Wildman–Crippen MR) is 84.0 cm³/mol. The highest BCUT2D eigenvalue weighted by atomic mass is 35.5. The highest BCUT2D eigenvalue weighted by molar-refractivity contribution is 6.39. The quantitative estimate of drug-likeness (QED) is 0.833. The van der Waals surface area contributed by atoms with Crippen molar-refractivity contribution in [3.8, 4) is 0 Å². The third kappa shape index (κ3) is 3.87. The molecule has 0 unspecified atom stereocenters. The van der Waals surface area contributed by atoms with Crippen LogP contribution in [0.15, 0.2) is 23.2 Å². The van der Waals surface area contributed by atoms with Gasteiger partial charge in [0.2, 0.25) is 0 Å². The number of hydrogen-bond acceptors (Lipinski definition) is 1. The van der Waals surface area contributed by atoms with E-state index in [1.165, 1.54) is 6.42 Å². The number of rotatable bonds is 1. The monoisotopic (exact) mass is 313 g/mol. The van der Waals surface area contributed by atoms with E-state index in [0.29, 0.717) is 15.7 Å². The zero-order valence-corrected chi connectivity index (χ0v) is 12.8. The molecule has 108 valence electrons. The number of amides is 2. The zero-order chi connectivity index (χ0) is 14.5. The molecule has 2 amide bonds. The number of para-hydroxylation sites is 1. The number of benzene rings is 1. The lowest BCUT2D eigenvalue weighted by molar-refractivity contribution is 0.259. The first-order valence-corrected chi connectivity index (χ1v) is 7.37. The first kappa shape index (κ1) is 15.1. The molecule has 0 radical (unpaired) electrons. The average molecular weight is 314 g/mol. The summed E-state index contributed by atoms with van der Waals surface area (Å²) in [5.41, 5.74) is 0.404. The number of likely N-dealkylation sites (tertiary alicyclic amines) is 1. The number of amidine groups is 1. The van der Waals surface area contributed by atoms with Crippen molar-refractivity contribution >= 4 is 40.8 Å². The fraction of sp³-hybridized carbons (Fsp3) is 0.429. The Balaban J connectivity index is 2.12. The molecule has 1 aliphatic rings. The van der Waals surface area contributed by atoms with Crippen LogP contribution in [0.5, 0.6) is 0 Å². The van der Waals surface area contributed by atoms with Gasteiger partial charge >= 0.3 is 6.03 Å². The number of hydrogen-bond donors (Lipinski definition) is 1. The zero-order valence-electron chi connectivity index (χ0n) is 11.3. The van der Waals surface area contributed by atoms with Crippen molar-refractivity contribution < 1.29 is 4.79 Å². The van der Waals surface area contributed by atoms with Crippen molar-refractivity contribution in [2.75, 3.05) is 18.9 Å². The average Bonchev–Trinajstić information content (AvgIpc) is 2.60. The molecule has 1 fully saturated rings. The summed E-state index contributed by atoms with van der Waals surface area (Å²) in [6.07, 6.45) is 4.18. The Morgan fingerprint density at radius 1 is 1.25 bits per heavy atom. The molecule has 0 atom stereocenters. The third-order valence-electron chi connectivity index (χ3n) is 3.26. The Morgan fingerprint density at radius 3 is 2.65 bits per heavy atom. The van der Waals surface area contributed by atoms with Gasteiger partial charge in [-0.05, 0) is 25.0 Å². The van der Waals surface area contributed by atoms with Crippen molar-refractivity contribution in [2.45, 2.75) is 25.7 Å². The van der Waals surface area contributed by atoms with Crippen LogP contribution in [0.3, 0.4) is 0 Å². The number of halogens is 2. The minimum absolute atomic E-state index is 0.403. The summed E-state index contributed by atoms with van der Waals surface area (Å²) in [5, 5.41) is 3.46. The number of nitrogens with one attached hydrogen (secondary N) is 1. The molecule has 20 heavy (non-hydrogen) atoms. The number of urea groups is 1. The molecule has 0 saturated carbocycles. The molecule has 0 aromatic heterocycles. The van der Waals surface area contributed by atoms with Gasteiger partial charge in [-0.2, -0.15) is 4.99 Å². The normalized spacial score (nSPS) is 17.9. The van der Waals surface area contributed by atoms with Gasteiger partial charge in [-0.25, -0.2) is 4.79 Å². The fourth-order valence-electron chi connectivity index (χ4n) is 2.14. The Kier molecular flexibility index (Phi) is 5.26. The van der Waals surface area contributed by atoms with Gasteiger partial charge in [-0.15, -0.1) is 0 Å². The van der Waals surface area contributed by atoms with Crippen LogP contribution in [0.1, 0.15) is 25.7 Å². The van der Waals surface area contributed by atoms with E-state index in [0.717, 1.165) is 31.6 Å². The summed E-state index contributed by atoms with van der Waals surface area (Å²) < 4.78 is 0. The van der Waals surface area contributed by atoms with Crippen LogP contribution in [0, 0.1) is 0 Å². The Bertz CT molecular complexity index is 511. The van der Waals surface area contributed by atoms with E-state index in [4.69, 9.17) is 23.2 Å². The maximum Gasteiger partial charge on any atom is 0.347 e. The number of anilines is 1. The van der Waals surface area contributed by atoms with E-state index in [1.54, 1.807) is 18.2 Å². The Labute approximate surface area is 128 Å². The summed E-state index contributed by atoms with van der Waals surface area (Å²) in [6, 6.07) is 4.64. The standard InChI is InChI=1S/C14H17Cl2N3O/c1-19-9-4-2-3-8-12(19)17-14(20)18-13-10(15)6-5-7-11(13)16/h5-7H,2-4,8-9H2,1H3,(H,18,20)/b17-12+. The maximum atomic E-state index is 12.0. The molecule has 1 aliphatic heterocycles. The third-order valence-corrected chi connectivity index (χ3v) is 3.89. The van der Waals surface area contributed by atoms with Gasteiger partial charge in [0.15, 0.2) is 0 Å². The predicted octanol–water partition coefficient (Wildman–Crippen LogP) is 4.43. The number of nitrogens with zero attached hydrogens (tertiary/aromatic N) is 2. The van der Waals surface area contributed by atoms with E-state index in [1.807, 2.05) is 11.9 Å². The van der Waals surface area contributed by atoms with E-state index in [-0.39, 0.29) is 0 Å². The topological polar surface area (TPSA) is 44.7 Å². The van der Waals surface area contributed by atoms with Gasteiger partial charge < -0.3 is 10.2 Å². The Morgan fingerprint density at radius 2 is 1.95 bits per heavy atom. The van der Waals surface area contributed by atoms with Crippen molar-refractivity contribution in [2.24, 2.45) is 4.99 Å². The minimum atomic E-state index is -0.441. The number of aliphatic imine (C=N–C) groups is 1. The maximum absolute atomic E-state index is 12.0. The first-order valence-electron chi connectivity index (χ1n) is 6.61. The lowest BCUT2D eigenvalue weighted by Gasteiger charge is -2.17. The van der Waals surface area contributed by atoms with Crippen LogP contribution in [-0.2, 0) is 0 Å². The van der Waals surface area contributed by atoms with Crippen molar-refractivity contribution in [1.29, 1.82) is 0 Å². The molecule has 1 aromatic rings. The van der Waals surface area contributed by atoms with E-state index in [2.05, 4.69) is 10.3 Å². The van der Waals surface area contributed by atoms with Crippen LogP contribution in [0.25, 0.3) is 0 Å². The van der Waals surface area contributed by atoms with Gasteiger partial charge in [-0.3, -0.25) is 0 Å². The van der Waals surface area contributed by atoms with Crippen molar-refractivity contribution in [3.63, 3.8) is 0 Å². The number of carbonyl (C=O) groups excluding carboxylic acids is 1. The summed E-state index contributed by atoms with van der Waals surface area (Å²) >= 11 is 12.0. The molecule has 4 nitrogen and oxygen atoms in total. The number of carbonyl (C=O) groups is 1. The Hall–Kier alpha value is -1.26. The minimum Gasteiger partial charge on any atom is -0.363 e. The van der Waals surface area contributed by atoms with Gasteiger partial charge in [0.1, 0.15) is 5.84 Å². The highest BCUT2D eigenvalue weighted by Gasteiger charge is 2.14. The van der Waals surface area contributed by atoms with Crippen LogP contribution < -0.4 is 5.32 Å². The highest BCUT2D eigenvalue weighted by Crippen LogP contribution is 2.29. The van der Waals surface area contributed by atoms with Gasteiger partial charge in [0.25, 0.3) is 0 Å². The van der Waals surface area contributed by atoms with E-state index >= 15 is 0 Å². The van der Waals surface area contributed by atoms with Crippen molar-refractivity contribution in [1.82, 2.24) is 4.90 Å². The molecule has 1 heterocycles. The largest absolute Gasteiger partial charge is 0.363 e. The molecule has 2 rings (SSSR count). The van der Waals surface area contributed by atoms with Gasteiger partial charge in [0.05, 0.1) is 15.7 Å². The smallest absolute Gasteiger partial charge is 0.347 e. The molecule has 0 aliphatic carbocycles. The first-order chi connectivity index (χ1) is 9.58. The summed E-state index contributed by atoms with van der Waals surface area (Å²) in [6.45, 7) is 0.930. The SMILES string of the molecule is CN1CCCCC/C1=N\C(=O)Nc1c(Cl)cccc1Cl. The molecular weight excluding hydrogens is 297 g/mol. The second-order valence-electron chi connectivity index (χ2n) is 4.79. The lowest BCUT2D eigenvalue weighted by atomic mass is 10.2. The summed E-state index contributed by atoms with van der Waals surface area (Å²) in [7, 11) is 1.96. The van der Waals surface area contributed by atoms with Gasteiger partial charge in [-0.1, -0.05) is 35.7 Å². The molecular formula is C14H17Cl2N3O. The van der Waals surface area contributed by atoms with Crippen LogP contribution in [0.4, 0.5) is 10.5 Å². The second kappa shape index (κ2) is 6.95. The molecule has 1 N–H and O–H groups in total.